The van der Waals surface area contributed by atoms with E-state index in [0.29, 0.717) is 11.8 Å². The van der Waals surface area contributed by atoms with Crippen molar-refractivity contribution < 1.29 is 18.9 Å². The Morgan fingerprint density at radius 2 is 1.03 bits per heavy atom. The molecule has 0 radical (unpaired) electrons. The molecular formula is C25H56N2O4. The molecule has 0 amide bonds. The zero-order valence-electron chi connectivity index (χ0n) is 23.2. The van der Waals surface area contributed by atoms with Crippen molar-refractivity contribution in [2.75, 3.05) is 40.4 Å². The third kappa shape index (κ3) is 16.1. The van der Waals surface area contributed by atoms with E-state index in [1.807, 2.05) is 25.9 Å². The fourth-order valence-electron chi connectivity index (χ4n) is 2.53. The molecule has 0 aliphatic carbocycles. The molecule has 0 aromatic carbocycles. The van der Waals surface area contributed by atoms with Crippen LogP contribution >= 0.6 is 0 Å². The van der Waals surface area contributed by atoms with E-state index < -0.39 is 5.91 Å². The lowest BCUT2D eigenvalue weighted by Gasteiger charge is -2.40. The number of rotatable bonds is 16. The van der Waals surface area contributed by atoms with E-state index in [1.54, 1.807) is 0 Å². The van der Waals surface area contributed by atoms with Gasteiger partial charge in [-0.15, -0.1) is 0 Å². The zero-order chi connectivity index (χ0) is 24.6. The Kier molecular flexibility index (Phi) is 19.4. The first kappa shape index (κ1) is 32.9. The first-order chi connectivity index (χ1) is 14.4. The molecular weight excluding hydrogens is 392 g/mol. The van der Waals surface area contributed by atoms with E-state index in [0.717, 1.165) is 39.1 Å². The lowest BCUT2D eigenvalue weighted by molar-refractivity contribution is -0.311. The number of hydrogen-bond donors (Lipinski definition) is 0. The largest absolute Gasteiger partial charge is 0.337 e. The van der Waals surface area contributed by atoms with Gasteiger partial charge in [-0.25, -0.2) is 0 Å². The fourth-order valence-corrected chi connectivity index (χ4v) is 2.53. The van der Waals surface area contributed by atoms with Crippen molar-refractivity contribution in [1.82, 2.24) is 9.80 Å². The molecule has 0 saturated heterocycles. The predicted octanol–water partition coefficient (Wildman–Crippen LogP) is 5.81. The molecule has 2 atom stereocenters. The van der Waals surface area contributed by atoms with Crippen molar-refractivity contribution >= 4 is 0 Å². The van der Waals surface area contributed by atoms with Crippen LogP contribution in [0.5, 0.6) is 0 Å². The molecule has 6 nitrogen and oxygen atoms in total. The molecule has 31 heavy (non-hydrogen) atoms. The summed E-state index contributed by atoms with van der Waals surface area (Å²) in [6, 6.07) is 0. The summed E-state index contributed by atoms with van der Waals surface area (Å²) >= 11 is 0. The van der Waals surface area contributed by atoms with Gasteiger partial charge in [-0.05, 0) is 52.6 Å². The number of nitrogens with zero attached hydrogens (tertiary/aromatic N) is 2. The van der Waals surface area contributed by atoms with Crippen LogP contribution in [0.2, 0.25) is 0 Å². The average Bonchev–Trinajstić information content (AvgIpc) is 2.71. The summed E-state index contributed by atoms with van der Waals surface area (Å²) in [5.74, 6) is 0.456. The van der Waals surface area contributed by atoms with Crippen LogP contribution in [0.4, 0.5) is 0 Å². The highest BCUT2D eigenvalue weighted by Crippen LogP contribution is 2.20. The summed E-state index contributed by atoms with van der Waals surface area (Å²) in [6.45, 7) is 26.6. The second-order valence-corrected chi connectivity index (χ2v) is 9.46. The van der Waals surface area contributed by atoms with Gasteiger partial charge in [0.1, 0.15) is 0 Å². The van der Waals surface area contributed by atoms with Crippen LogP contribution in [0.25, 0.3) is 0 Å². The van der Waals surface area contributed by atoms with Gasteiger partial charge < -0.3 is 18.9 Å². The van der Waals surface area contributed by atoms with E-state index in [4.69, 9.17) is 18.9 Å². The van der Waals surface area contributed by atoms with Gasteiger partial charge in [-0.3, -0.25) is 9.80 Å². The highest BCUT2D eigenvalue weighted by atomic mass is 16.7. The fraction of sp³-hybridized carbons (Fsp3) is 1.00. The normalized spacial score (nSPS) is 15.4. The van der Waals surface area contributed by atoms with Crippen LogP contribution in [0.15, 0.2) is 0 Å². The van der Waals surface area contributed by atoms with Crippen LogP contribution < -0.4 is 0 Å². The molecule has 0 aliphatic heterocycles. The highest BCUT2D eigenvalue weighted by Gasteiger charge is 2.32. The molecule has 0 saturated carbocycles. The summed E-state index contributed by atoms with van der Waals surface area (Å²) in [5.41, 5.74) is 0. The summed E-state index contributed by atoms with van der Waals surface area (Å²) in [5, 5.41) is 0. The first-order valence-corrected chi connectivity index (χ1v) is 12.4. The van der Waals surface area contributed by atoms with Crippen LogP contribution in [0.3, 0.4) is 0 Å². The lowest BCUT2D eigenvalue weighted by Crippen LogP contribution is -2.51. The van der Waals surface area contributed by atoms with Crippen LogP contribution in [-0.4, -0.2) is 74.7 Å². The Morgan fingerprint density at radius 1 is 0.677 bits per heavy atom. The molecule has 0 aromatic heterocycles. The van der Waals surface area contributed by atoms with Crippen molar-refractivity contribution in [3.63, 3.8) is 0 Å². The standard InChI is InChI=1S/C14H31NO2.C11H25NO2/c1-8-15(9-2)14(7,16-10-12(3)4)17-11-13(5)6;1-7-9(3)13-11(12(5)6)14-10(4)8-2/h12-13H,8-11H2,1-7H3;9-11H,7-8H2,1-6H3. The Morgan fingerprint density at radius 3 is 1.26 bits per heavy atom. The van der Waals surface area contributed by atoms with Crippen molar-refractivity contribution in [1.29, 1.82) is 0 Å². The van der Waals surface area contributed by atoms with Gasteiger partial charge in [0, 0.05) is 20.0 Å². The first-order valence-electron chi connectivity index (χ1n) is 12.4. The smallest absolute Gasteiger partial charge is 0.226 e. The molecule has 190 valence electrons. The quantitative estimate of drug-likeness (QED) is 0.278. The number of hydrogen-bond acceptors (Lipinski definition) is 6. The third-order valence-electron chi connectivity index (χ3n) is 4.98. The molecule has 0 aromatic rings. The maximum Gasteiger partial charge on any atom is 0.226 e. The predicted molar refractivity (Wildman–Crippen MR) is 132 cm³/mol. The molecule has 0 fully saturated rings. The van der Waals surface area contributed by atoms with Crippen molar-refractivity contribution in [2.45, 2.75) is 114 Å². The second-order valence-electron chi connectivity index (χ2n) is 9.46. The molecule has 0 N–H and O–H groups in total. The lowest BCUT2D eigenvalue weighted by atomic mass is 10.2. The Balaban J connectivity index is 0. The number of ether oxygens (including phenoxy) is 4. The van der Waals surface area contributed by atoms with E-state index in [1.165, 1.54) is 0 Å². The van der Waals surface area contributed by atoms with Gasteiger partial charge in [0.05, 0.1) is 25.4 Å². The van der Waals surface area contributed by atoms with Gasteiger partial charge in [-0.2, -0.15) is 0 Å². The maximum absolute atomic E-state index is 5.99. The minimum absolute atomic E-state index is 0.222. The minimum Gasteiger partial charge on any atom is -0.337 e. The highest BCUT2D eigenvalue weighted by molar-refractivity contribution is 4.66. The second kappa shape index (κ2) is 18.2. The molecule has 0 heterocycles. The van der Waals surface area contributed by atoms with Crippen molar-refractivity contribution in [2.24, 2.45) is 11.8 Å². The Labute approximate surface area is 194 Å². The van der Waals surface area contributed by atoms with Crippen molar-refractivity contribution in [3.8, 4) is 0 Å². The summed E-state index contributed by atoms with van der Waals surface area (Å²) < 4.78 is 23.5. The van der Waals surface area contributed by atoms with Crippen LogP contribution in [0.1, 0.15) is 89.0 Å². The van der Waals surface area contributed by atoms with Gasteiger partial charge in [0.2, 0.25) is 12.3 Å². The minimum atomic E-state index is -0.585. The zero-order valence-corrected chi connectivity index (χ0v) is 23.2. The molecule has 0 spiro atoms. The SMILES string of the molecule is CCC(C)OC(OC(C)CC)N(C)C.CCN(CC)C(C)(OCC(C)C)OCC(C)C. The van der Waals surface area contributed by atoms with Crippen LogP contribution in [0, 0.1) is 11.8 Å². The van der Waals surface area contributed by atoms with E-state index in [-0.39, 0.29) is 18.6 Å². The summed E-state index contributed by atoms with van der Waals surface area (Å²) in [6.07, 6.45) is 2.28. The average molecular weight is 449 g/mol. The van der Waals surface area contributed by atoms with Gasteiger partial charge in [0.15, 0.2) is 0 Å². The molecule has 0 aliphatic rings. The van der Waals surface area contributed by atoms with E-state index >= 15 is 0 Å². The van der Waals surface area contributed by atoms with Gasteiger partial charge in [-0.1, -0.05) is 55.4 Å². The molecule has 6 heteroatoms. The molecule has 0 rings (SSSR count). The monoisotopic (exact) mass is 448 g/mol. The van der Waals surface area contributed by atoms with Gasteiger partial charge in [0.25, 0.3) is 0 Å². The molecule has 0 bridgehead atoms. The topological polar surface area (TPSA) is 43.4 Å². The Hall–Kier alpha value is -0.240. The summed E-state index contributed by atoms with van der Waals surface area (Å²) in [4.78, 5) is 4.18. The third-order valence-corrected chi connectivity index (χ3v) is 4.98. The maximum atomic E-state index is 5.99. The van der Waals surface area contributed by atoms with Crippen LogP contribution in [-0.2, 0) is 18.9 Å². The van der Waals surface area contributed by atoms with Gasteiger partial charge >= 0.3 is 0 Å². The Bertz CT molecular complexity index is 377. The molecule has 2 unspecified atom stereocenters. The van der Waals surface area contributed by atoms with E-state index in [2.05, 4.69) is 74.1 Å². The van der Waals surface area contributed by atoms with Crippen molar-refractivity contribution in [3.05, 3.63) is 0 Å². The summed E-state index contributed by atoms with van der Waals surface area (Å²) in [7, 11) is 3.94. The van der Waals surface area contributed by atoms with E-state index in [9.17, 15) is 0 Å².